The van der Waals surface area contributed by atoms with Crippen LogP contribution < -0.4 is 0 Å². The van der Waals surface area contributed by atoms with E-state index in [2.05, 4.69) is 4.98 Å². The number of esters is 1. The molecule has 8 nitrogen and oxygen atoms in total. The second kappa shape index (κ2) is 9.97. The Bertz CT molecular complexity index is 889. The van der Waals surface area contributed by atoms with Crippen LogP contribution in [0.5, 0.6) is 0 Å². The van der Waals surface area contributed by atoms with E-state index < -0.39 is 5.97 Å². The van der Waals surface area contributed by atoms with Gasteiger partial charge in [-0.15, -0.1) is 0 Å². The smallest absolute Gasteiger partial charge is 0.354 e. The Balaban J connectivity index is 2.25. The van der Waals surface area contributed by atoms with Crippen LogP contribution >= 0.6 is 0 Å². The van der Waals surface area contributed by atoms with Crippen LogP contribution in [-0.4, -0.2) is 66.0 Å². The highest BCUT2D eigenvalue weighted by Gasteiger charge is 2.27. The maximum absolute atomic E-state index is 13.1. The van der Waals surface area contributed by atoms with Crippen LogP contribution in [-0.2, 0) is 27.7 Å². The Labute approximate surface area is 170 Å². The number of aromatic nitrogens is 2. The molecule has 8 heteroatoms. The van der Waals surface area contributed by atoms with Crippen molar-refractivity contribution in [2.24, 2.45) is 7.05 Å². The molecule has 0 aliphatic carbocycles. The molecule has 2 aromatic heterocycles. The van der Waals surface area contributed by atoms with E-state index in [1.165, 1.54) is 19.1 Å². The van der Waals surface area contributed by atoms with Crippen molar-refractivity contribution < 1.29 is 23.9 Å². The second-order valence-electron chi connectivity index (χ2n) is 6.73. The highest BCUT2D eigenvalue weighted by Crippen LogP contribution is 2.23. The van der Waals surface area contributed by atoms with E-state index in [9.17, 15) is 14.4 Å². The molecular formula is C21H27N3O5. The molecule has 0 atom stereocenters. The van der Waals surface area contributed by atoms with Gasteiger partial charge in [-0.2, -0.15) is 0 Å². The SMILES string of the molecule is COCC(=O)N(CCc1ccccn1)CC(=O)c1c(C)c(C(=O)OC)n(C)c1C. The van der Waals surface area contributed by atoms with Crippen LogP contribution in [0, 0.1) is 13.8 Å². The van der Waals surface area contributed by atoms with Crippen LogP contribution in [0.4, 0.5) is 0 Å². The number of hydrogen-bond acceptors (Lipinski definition) is 6. The lowest BCUT2D eigenvalue weighted by atomic mass is 10.0. The molecule has 2 heterocycles. The lowest BCUT2D eigenvalue weighted by molar-refractivity contribution is -0.134. The maximum Gasteiger partial charge on any atom is 0.354 e. The van der Waals surface area contributed by atoms with Crippen molar-refractivity contribution in [3.05, 3.63) is 52.6 Å². The summed E-state index contributed by atoms with van der Waals surface area (Å²) in [5, 5.41) is 0. The Hall–Kier alpha value is -3.00. The molecule has 0 aromatic carbocycles. The molecule has 156 valence electrons. The summed E-state index contributed by atoms with van der Waals surface area (Å²) in [4.78, 5) is 43.3. The molecular weight excluding hydrogens is 374 g/mol. The minimum Gasteiger partial charge on any atom is -0.464 e. The molecule has 0 aliphatic heterocycles. The first-order valence-electron chi connectivity index (χ1n) is 9.25. The van der Waals surface area contributed by atoms with E-state index in [0.29, 0.717) is 35.5 Å². The molecule has 29 heavy (non-hydrogen) atoms. The predicted molar refractivity (Wildman–Crippen MR) is 107 cm³/mol. The van der Waals surface area contributed by atoms with E-state index in [-0.39, 0.29) is 24.8 Å². The van der Waals surface area contributed by atoms with Gasteiger partial charge in [0.1, 0.15) is 12.3 Å². The van der Waals surface area contributed by atoms with E-state index in [1.807, 2.05) is 18.2 Å². The van der Waals surface area contributed by atoms with Crippen molar-refractivity contribution in [2.45, 2.75) is 20.3 Å². The molecule has 0 saturated heterocycles. The zero-order valence-corrected chi connectivity index (χ0v) is 17.5. The number of rotatable bonds is 9. The summed E-state index contributed by atoms with van der Waals surface area (Å²) in [5.74, 6) is -1.03. The second-order valence-corrected chi connectivity index (χ2v) is 6.73. The molecule has 0 bridgehead atoms. The van der Waals surface area contributed by atoms with Crippen molar-refractivity contribution in [2.75, 3.05) is 33.9 Å². The van der Waals surface area contributed by atoms with E-state index in [0.717, 1.165) is 5.69 Å². The standard InChI is InChI=1S/C21H27N3O5/c1-14-19(15(2)23(3)20(14)21(27)29-5)17(25)12-24(18(26)13-28-4)11-9-16-8-6-7-10-22-16/h6-8,10H,9,11-13H2,1-5H3. The Morgan fingerprint density at radius 1 is 1.17 bits per heavy atom. The van der Waals surface area contributed by atoms with Gasteiger partial charge in [-0.05, 0) is 31.5 Å². The highest BCUT2D eigenvalue weighted by atomic mass is 16.5. The van der Waals surface area contributed by atoms with E-state index in [4.69, 9.17) is 9.47 Å². The fourth-order valence-electron chi connectivity index (χ4n) is 3.33. The van der Waals surface area contributed by atoms with Gasteiger partial charge in [-0.25, -0.2) is 4.79 Å². The number of ether oxygens (including phenoxy) is 2. The summed E-state index contributed by atoms with van der Waals surface area (Å²) in [6.07, 6.45) is 2.20. The lowest BCUT2D eigenvalue weighted by Gasteiger charge is -2.22. The lowest BCUT2D eigenvalue weighted by Crippen LogP contribution is -2.39. The molecule has 0 fully saturated rings. The van der Waals surface area contributed by atoms with Crippen LogP contribution in [0.1, 0.15) is 37.8 Å². The summed E-state index contributed by atoms with van der Waals surface area (Å²) in [6.45, 7) is 3.58. The monoisotopic (exact) mass is 401 g/mol. The number of carbonyl (C=O) groups is 3. The normalized spacial score (nSPS) is 10.7. The van der Waals surface area contributed by atoms with Gasteiger partial charge in [0.25, 0.3) is 0 Å². The third-order valence-electron chi connectivity index (χ3n) is 4.91. The summed E-state index contributed by atoms with van der Waals surface area (Å²) in [7, 11) is 4.44. The van der Waals surface area contributed by atoms with Crippen molar-refractivity contribution in [1.82, 2.24) is 14.5 Å². The van der Waals surface area contributed by atoms with Crippen molar-refractivity contribution in [1.29, 1.82) is 0 Å². The Morgan fingerprint density at radius 2 is 1.90 bits per heavy atom. The molecule has 0 saturated carbocycles. The molecule has 0 unspecified atom stereocenters. The molecule has 0 N–H and O–H groups in total. The largest absolute Gasteiger partial charge is 0.464 e. The average molecular weight is 401 g/mol. The molecule has 2 aromatic rings. The number of methoxy groups -OCH3 is 2. The summed E-state index contributed by atoms with van der Waals surface area (Å²) < 4.78 is 11.4. The number of carbonyl (C=O) groups excluding carboxylic acids is 3. The number of pyridine rings is 1. The molecule has 1 amide bonds. The first-order chi connectivity index (χ1) is 13.8. The maximum atomic E-state index is 13.1. The van der Waals surface area contributed by atoms with Crippen LogP contribution in [0.2, 0.25) is 0 Å². The number of ketones is 1. The van der Waals surface area contributed by atoms with Gasteiger partial charge in [0, 0.05) is 50.3 Å². The fraction of sp³-hybridized carbons (Fsp3) is 0.429. The first kappa shape index (κ1) is 22.3. The van der Waals surface area contributed by atoms with Gasteiger partial charge in [0.05, 0.1) is 13.7 Å². The first-order valence-corrected chi connectivity index (χ1v) is 9.25. The van der Waals surface area contributed by atoms with Crippen LogP contribution in [0.25, 0.3) is 0 Å². The minimum absolute atomic E-state index is 0.110. The fourth-order valence-corrected chi connectivity index (χ4v) is 3.33. The summed E-state index contributed by atoms with van der Waals surface area (Å²) >= 11 is 0. The molecule has 0 spiro atoms. The van der Waals surface area contributed by atoms with Gasteiger partial charge in [-0.1, -0.05) is 6.07 Å². The van der Waals surface area contributed by atoms with E-state index >= 15 is 0 Å². The van der Waals surface area contributed by atoms with Gasteiger partial charge in [0.15, 0.2) is 5.78 Å². The van der Waals surface area contributed by atoms with Gasteiger partial charge < -0.3 is 18.9 Å². The van der Waals surface area contributed by atoms with Crippen LogP contribution in [0.3, 0.4) is 0 Å². The van der Waals surface area contributed by atoms with Crippen LogP contribution in [0.15, 0.2) is 24.4 Å². The van der Waals surface area contributed by atoms with E-state index in [1.54, 1.807) is 31.7 Å². The number of amides is 1. The van der Waals surface area contributed by atoms with Crippen molar-refractivity contribution in [3.63, 3.8) is 0 Å². The zero-order valence-electron chi connectivity index (χ0n) is 17.5. The minimum atomic E-state index is -0.505. The Morgan fingerprint density at radius 3 is 2.48 bits per heavy atom. The quantitative estimate of drug-likeness (QED) is 0.469. The number of hydrogen-bond donors (Lipinski definition) is 0. The topological polar surface area (TPSA) is 90.7 Å². The van der Waals surface area contributed by atoms with Crippen molar-refractivity contribution in [3.8, 4) is 0 Å². The third-order valence-corrected chi connectivity index (χ3v) is 4.91. The number of nitrogens with zero attached hydrogens (tertiary/aromatic N) is 3. The Kier molecular flexibility index (Phi) is 7.67. The zero-order chi connectivity index (χ0) is 21.6. The number of Topliss-reactive ketones (excluding diaryl/α,β-unsaturated/α-hetero) is 1. The van der Waals surface area contributed by atoms with Gasteiger partial charge in [0.2, 0.25) is 5.91 Å². The molecule has 0 radical (unpaired) electrons. The van der Waals surface area contributed by atoms with Crippen molar-refractivity contribution >= 4 is 17.7 Å². The molecule has 2 rings (SSSR count). The summed E-state index contributed by atoms with van der Waals surface area (Å²) in [6, 6.07) is 5.56. The van der Waals surface area contributed by atoms with Gasteiger partial charge >= 0.3 is 5.97 Å². The molecule has 0 aliphatic rings. The average Bonchev–Trinajstić information content (AvgIpc) is 2.94. The predicted octanol–water partition coefficient (Wildman–Crippen LogP) is 1.72. The summed E-state index contributed by atoms with van der Waals surface area (Å²) in [5.41, 5.74) is 2.79. The highest BCUT2D eigenvalue weighted by molar-refractivity contribution is 6.04. The van der Waals surface area contributed by atoms with Gasteiger partial charge in [-0.3, -0.25) is 14.6 Å². The third kappa shape index (κ3) is 5.08.